The van der Waals surface area contributed by atoms with Crippen LogP contribution in [-0.4, -0.2) is 98.4 Å². The molecule has 0 saturated carbocycles. The maximum Gasteiger partial charge on any atom is 0.229 e. The van der Waals surface area contributed by atoms with Gasteiger partial charge in [0, 0.05) is 62.3 Å². The highest BCUT2D eigenvalue weighted by Crippen LogP contribution is 2.42. The number of ether oxygens (including phenoxy) is 1. The van der Waals surface area contributed by atoms with Crippen molar-refractivity contribution < 1.29 is 17.7 Å². The fourth-order valence-corrected chi connectivity index (χ4v) is 8.23. The predicted octanol–water partition coefficient (Wildman–Crippen LogP) is 5.43. The molecular formula is C32H42BrN8O4PS. The molecule has 0 aliphatic carbocycles. The number of halogens is 1. The van der Waals surface area contributed by atoms with E-state index in [4.69, 9.17) is 9.72 Å². The van der Waals surface area contributed by atoms with Crippen LogP contribution in [0.5, 0.6) is 5.75 Å². The third kappa shape index (κ3) is 8.40. The third-order valence-corrected chi connectivity index (χ3v) is 11.5. The monoisotopic (exact) mass is 744 g/mol. The molecular weight excluding hydrogens is 703 g/mol. The molecule has 47 heavy (non-hydrogen) atoms. The van der Waals surface area contributed by atoms with Gasteiger partial charge in [0.05, 0.1) is 39.5 Å². The lowest BCUT2D eigenvalue weighted by atomic mass is 10.0. The molecule has 1 fully saturated rings. The van der Waals surface area contributed by atoms with Gasteiger partial charge in [-0.3, -0.25) is 9.97 Å². The third-order valence-electron chi connectivity index (χ3n) is 8.42. The summed E-state index contributed by atoms with van der Waals surface area (Å²) >= 11 is 3.56. The first-order chi connectivity index (χ1) is 22.3. The average Bonchev–Trinajstić information content (AvgIpc) is 3.04. The molecule has 1 aliphatic heterocycles. The number of piperidine rings is 1. The van der Waals surface area contributed by atoms with Gasteiger partial charge in [-0.15, -0.1) is 0 Å². The van der Waals surface area contributed by atoms with Gasteiger partial charge in [-0.1, -0.05) is 6.92 Å². The highest BCUT2D eigenvalue weighted by molar-refractivity contribution is 9.10. The number of aromatic nitrogens is 4. The van der Waals surface area contributed by atoms with Gasteiger partial charge in [-0.05, 0) is 79.3 Å². The number of hydrogen-bond acceptors (Lipinski definition) is 12. The summed E-state index contributed by atoms with van der Waals surface area (Å²) < 4.78 is 43.2. The van der Waals surface area contributed by atoms with Gasteiger partial charge in [-0.2, -0.15) is 4.98 Å². The molecule has 5 rings (SSSR count). The first kappa shape index (κ1) is 35.0. The Bertz CT molecular complexity index is 1920. The van der Waals surface area contributed by atoms with Crippen LogP contribution in [0, 0.1) is 0 Å². The maximum absolute atomic E-state index is 13.4. The summed E-state index contributed by atoms with van der Waals surface area (Å²) in [6.07, 6.45) is 8.88. The van der Waals surface area contributed by atoms with E-state index in [0.29, 0.717) is 56.6 Å². The van der Waals surface area contributed by atoms with Crippen molar-refractivity contribution in [1.82, 2.24) is 24.8 Å². The number of fused-ring (bicyclic) bond motifs is 1. The van der Waals surface area contributed by atoms with Crippen molar-refractivity contribution in [2.45, 2.75) is 32.2 Å². The minimum Gasteiger partial charge on any atom is -0.494 e. The quantitative estimate of drug-likeness (QED) is 0.179. The molecule has 1 saturated heterocycles. The zero-order valence-electron chi connectivity index (χ0n) is 27.6. The molecule has 4 aromatic rings. The molecule has 0 unspecified atom stereocenters. The number of hydrogen-bond donors (Lipinski definition) is 2. The number of nitrogens with zero attached hydrogens (tertiary/aromatic N) is 6. The van der Waals surface area contributed by atoms with Crippen molar-refractivity contribution in [3.63, 3.8) is 0 Å². The first-order valence-corrected chi connectivity index (χ1v) is 20.9. The van der Waals surface area contributed by atoms with Crippen LogP contribution in [0.15, 0.2) is 47.3 Å². The number of benzene rings is 2. The SMILES string of the molecule is CCc1cc(Nc2ncc(Br)c(Nc3ccc4nccnc4c3P(C)(C)=O)n2)c(OC)cc1N1CCC(N(C)CCS(C)(=O)=O)CC1. The van der Waals surface area contributed by atoms with E-state index in [0.717, 1.165) is 49.3 Å². The Morgan fingerprint density at radius 1 is 1.09 bits per heavy atom. The fourth-order valence-electron chi connectivity index (χ4n) is 5.93. The van der Waals surface area contributed by atoms with E-state index in [2.05, 4.69) is 70.4 Å². The Labute approximate surface area is 285 Å². The molecule has 0 amide bonds. The molecule has 15 heteroatoms. The standard InChI is InChI=1S/C32H42BrN8O4PS/c1-7-21-18-26(28(45-3)19-27(21)41-14-10-22(11-15-41)40(2)16-17-47(6,43)44)38-32-36-20-23(33)31(39-32)37-25-9-8-24-29(35-13-12-34-24)30(25)46(4,5)42/h8-9,12-13,18-20,22H,7,10-11,14-17H2,1-6H3,(H2,36,37,38,39). The van der Waals surface area contributed by atoms with Crippen molar-refractivity contribution >= 4 is 78.1 Å². The van der Waals surface area contributed by atoms with E-state index < -0.39 is 17.0 Å². The summed E-state index contributed by atoms with van der Waals surface area (Å²) in [5, 5.41) is 7.30. The highest BCUT2D eigenvalue weighted by Gasteiger charge is 2.26. The van der Waals surface area contributed by atoms with Crippen LogP contribution in [0.4, 0.5) is 28.8 Å². The Hall–Kier alpha value is -3.32. The first-order valence-electron chi connectivity index (χ1n) is 15.5. The van der Waals surface area contributed by atoms with Crippen LogP contribution in [0.3, 0.4) is 0 Å². The molecule has 0 spiro atoms. The summed E-state index contributed by atoms with van der Waals surface area (Å²) in [5.41, 5.74) is 4.93. The average molecular weight is 746 g/mol. The minimum atomic E-state index is -2.99. The van der Waals surface area contributed by atoms with E-state index in [-0.39, 0.29) is 5.75 Å². The molecule has 12 nitrogen and oxygen atoms in total. The lowest BCUT2D eigenvalue weighted by Crippen LogP contribution is -2.44. The van der Waals surface area contributed by atoms with E-state index >= 15 is 0 Å². The second-order valence-corrected chi connectivity index (χ2v) is 18.5. The lowest BCUT2D eigenvalue weighted by Gasteiger charge is -2.38. The topological polar surface area (TPSA) is 143 Å². The van der Waals surface area contributed by atoms with Crippen LogP contribution in [0.1, 0.15) is 25.3 Å². The number of rotatable bonds is 12. The van der Waals surface area contributed by atoms with Gasteiger partial charge in [0.25, 0.3) is 0 Å². The zero-order valence-corrected chi connectivity index (χ0v) is 30.9. The zero-order chi connectivity index (χ0) is 33.9. The number of methoxy groups -OCH3 is 1. The van der Waals surface area contributed by atoms with Gasteiger partial charge in [0.2, 0.25) is 5.95 Å². The van der Waals surface area contributed by atoms with Gasteiger partial charge in [0.15, 0.2) is 0 Å². The van der Waals surface area contributed by atoms with Crippen LogP contribution < -0.4 is 25.6 Å². The predicted molar refractivity (Wildman–Crippen MR) is 195 cm³/mol. The van der Waals surface area contributed by atoms with Crippen LogP contribution in [0.2, 0.25) is 0 Å². The van der Waals surface area contributed by atoms with Crippen molar-refractivity contribution in [2.75, 3.05) is 74.7 Å². The Morgan fingerprint density at radius 3 is 2.47 bits per heavy atom. The summed E-state index contributed by atoms with van der Waals surface area (Å²) in [5.74, 6) is 1.70. The van der Waals surface area contributed by atoms with Crippen molar-refractivity contribution in [1.29, 1.82) is 0 Å². The van der Waals surface area contributed by atoms with Crippen molar-refractivity contribution in [2.24, 2.45) is 0 Å². The normalized spacial score (nSPS) is 14.5. The van der Waals surface area contributed by atoms with E-state index in [1.54, 1.807) is 39.0 Å². The lowest BCUT2D eigenvalue weighted by molar-refractivity contribution is 0.218. The second-order valence-electron chi connectivity index (χ2n) is 12.2. The molecule has 0 atom stereocenters. The highest BCUT2D eigenvalue weighted by atomic mass is 79.9. The Morgan fingerprint density at radius 2 is 1.81 bits per heavy atom. The van der Waals surface area contributed by atoms with E-state index in [1.165, 1.54) is 6.26 Å². The minimum absolute atomic E-state index is 0.175. The van der Waals surface area contributed by atoms with Gasteiger partial charge in [-0.25, -0.2) is 13.4 Å². The molecule has 2 N–H and O–H groups in total. The molecule has 2 aromatic carbocycles. The summed E-state index contributed by atoms with van der Waals surface area (Å²) in [7, 11) is -2.09. The van der Waals surface area contributed by atoms with Crippen LogP contribution in [0.25, 0.3) is 11.0 Å². The van der Waals surface area contributed by atoms with Crippen LogP contribution >= 0.6 is 23.1 Å². The van der Waals surface area contributed by atoms with Crippen LogP contribution in [-0.2, 0) is 20.8 Å². The molecule has 252 valence electrons. The molecule has 2 aromatic heterocycles. The number of nitrogens with one attached hydrogen (secondary N) is 2. The van der Waals surface area contributed by atoms with Gasteiger partial charge in [0.1, 0.15) is 34.1 Å². The summed E-state index contributed by atoms with van der Waals surface area (Å²) in [4.78, 5) is 22.7. The van der Waals surface area contributed by atoms with Crippen molar-refractivity contribution in [3.8, 4) is 5.75 Å². The molecule has 0 bridgehead atoms. The number of anilines is 5. The van der Waals surface area contributed by atoms with Gasteiger partial charge >= 0.3 is 0 Å². The van der Waals surface area contributed by atoms with E-state index in [9.17, 15) is 13.0 Å². The Balaban J connectivity index is 1.37. The Kier molecular flexibility index (Phi) is 10.7. The fraction of sp³-hybridized carbons (Fsp3) is 0.438. The largest absolute Gasteiger partial charge is 0.494 e. The molecule has 3 heterocycles. The van der Waals surface area contributed by atoms with Crippen molar-refractivity contribution in [3.05, 3.63) is 52.9 Å². The molecule has 0 radical (unpaired) electrons. The number of sulfone groups is 1. The van der Waals surface area contributed by atoms with Gasteiger partial charge < -0.3 is 29.7 Å². The molecule has 1 aliphatic rings. The van der Waals surface area contributed by atoms with E-state index in [1.807, 2.05) is 19.2 Å². The summed E-state index contributed by atoms with van der Waals surface area (Å²) in [6, 6.07) is 8.19. The number of aryl methyl sites for hydroxylation is 1. The maximum atomic E-state index is 13.4. The second kappa shape index (κ2) is 14.4. The smallest absolute Gasteiger partial charge is 0.229 e. The summed E-state index contributed by atoms with van der Waals surface area (Å²) in [6.45, 7) is 7.84.